The Bertz CT molecular complexity index is 185. The number of rotatable bonds is 1. The van der Waals surface area contributed by atoms with Gasteiger partial charge in [0.25, 0.3) is 0 Å². The summed E-state index contributed by atoms with van der Waals surface area (Å²) in [6, 6.07) is 0.00407. The van der Waals surface area contributed by atoms with Crippen LogP contribution in [0.4, 0.5) is 4.79 Å². The predicted molar refractivity (Wildman–Crippen MR) is 52.7 cm³/mol. The standard InChI is InChI=1S/C9H19N3O/c1-9(4-6-10-7-5-9)11-8(13)12(2)3/h10H,4-7H2,1-3H3,(H,11,13). The Morgan fingerprint density at radius 2 is 1.92 bits per heavy atom. The molecule has 76 valence electrons. The van der Waals surface area contributed by atoms with E-state index in [9.17, 15) is 4.79 Å². The van der Waals surface area contributed by atoms with Gasteiger partial charge in [-0.1, -0.05) is 0 Å². The van der Waals surface area contributed by atoms with Crippen molar-refractivity contribution in [2.75, 3.05) is 27.2 Å². The van der Waals surface area contributed by atoms with Crippen LogP contribution in [0.5, 0.6) is 0 Å². The molecule has 0 aliphatic carbocycles. The van der Waals surface area contributed by atoms with Gasteiger partial charge in [-0.05, 0) is 32.9 Å². The predicted octanol–water partition coefficient (Wildman–Crippen LogP) is 0.400. The van der Waals surface area contributed by atoms with Gasteiger partial charge in [0.2, 0.25) is 0 Å². The van der Waals surface area contributed by atoms with Crippen molar-refractivity contribution >= 4 is 6.03 Å². The molecule has 1 fully saturated rings. The van der Waals surface area contributed by atoms with Gasteiger partial charge in [-0.3, -0.25) is 0 Å². The van der Waals surface area contributed by atoms with E-state index in [0.29, 0.717) is 0 Å². The molecule has 0 aromatic heterocycles. The molecule has 0 radical (unpaired) electrons. The van der Waals surface area contributed by atoms with Crippen molar-refractivity contribution in [3.63, 3.8) is 0 Å². The van der Waals surface area contributed by atoms with Gasteiger partial charge in [0, 0.05) is 19.6 Å². The Hall–Kier alpha value is -0.770. The Morgan fingerprint density at radius 3 is 2.38 bits per heavy atom. The van der Waals surface area contributed by atoms with Crippen molar-refractivity contribution in [2.45, 2.75) is 25.3 Å². The number of hydrogen-bond acceptors (Lipinski definition) is 2. The maximum Gasteiger partial charge on any atom is 0.317 e. The van der Waals surface area contributed by atoms with Gasteiger partial charge in [-0.15, -0.1) is 0 Å². The van der Waals surface area contributed by atoms with Crippen LogP contribution in [0.2, 0.25) is 0 Å². The average Bonchev–Trinajstić information content (AvgIpc) is 2.04. The molecular weight excluding hydrogens is 166 g/mol. The number of hydrogen-bond donors (Lipinski definition) is 2. The maximum absolute atomic E-state index is 11.4. The van der Waals surface area contributed by atoms with Crippen LogP contribution in [0.25, 0.3) is 0 Å². The van der Waals surface area contributed by atoms with E-state index >= 15 is 0 Å². The molecule has 0 unspecified atom stereocenters. The summed E-state index contributed by atoms with van der Waals surface area (Å²) in [5, 5.41) is 6.32. The molecule has 2 amide bonds. The molecule has 0 spiro atoms. The second-order valence-corrected chi connectivity index (χ2v) is 4.14. The summed E-state index contributed by atoms with van der Waals surface area (Å²) in [6.45, 7) is 4.09. The topological polar surface area (TPSA) is 44.4 Å². The summed E-state index contributed by atoms with van der Waals surface area (Å²) in [7, 11) is 3.53. The van der Waals surface area contributed by atoms with Gasteiger partial charge in [0.1, 0.15) is 0 Å². The molecule has 0 bridgehead atoms. The Kier molecular flexibility index (Phi) is 3.14. The molecule has 1 aliphatic heterocycles. The van der Waals surface area contributed by atoms with Crippen LogP contribution in [0.15, 0.2) is 0 Å². The van der Waals surface area contributed by atoms with Crippen molar-refractivity contribution < 1.29 is 4.79 Å². The molecule has 13 heavy (non-hydrogen) atoms. The van der Waals surface area contributed by atoms with E-state index in [4.69, 9.17) is 0 Å². The van der Waals surface area contributed by atoms with Crippen LogP contribution in [0, 0.1) is 0 Å². The molecule has 1 saturated heterocycles. The Labute approximate surface area is 79.7 Å². The summed E-state index contributed by atoms with van der Waals surface area (Å²) in [6.07, 6.45) is 2.01. The van der Waals surface area contributed by atoms with Crippen LogP contribution in [-0.4, -0.2) is 43.7 Å². The quantitative estimate of drug-likeness (QED) is 0.621. The lowest BCUT2D eigenvalue weighted by Gasteiger charge is -2.35. The number of nitrogens with zero attached hydrogens (tertiary/aromatic N) is 1. The molecule has 4 heteroatoms. The molecular formula is C9H19N3O. The largest absolute Gasteiger partial charge is 0.333 e. The molecule has 0 aromatic carbocycles. The van der Waals surface area contributed by atoms with Gasteiger partial charge < -0.3 is 15.5 Å². The monoisotopic (exact) mass is 185 g/mol. The first-order valence-electron chi connectivity index (χ1n) is 4.74. The van der Waals surface area contributed by atoms with Crippen LogP contribution >= 0.6 is 0 Å². The first kappa shape index (κ1) is 10.3. The smallest absolute Gasteiger partial charge is 0.317 e. The average molecular weight is 185 g/mol. The molecule has 0 saturated carbocycles. The van der Waals surface area contributed by atoms with Crippen molar-refractivity contribution in [1.82, 2.24) is 15.5 Å². The van der Waals surface area contributed by atoms with E-state index in [1.165, 1.54) is 0 Å². The summed E-state index contributed by atoms with van der Waals surface area (Å²) in [5.74, 6) is 0. The molecule has 1 heterocycles. The fourth-order valence-corrected chi connectivity index (χ4v) is 1.47. The van der Waals surface area contributed by atoms with Crippen LogP contribution in [-0.2, 0) is 0 Å². The first-order chi connectivity index (χ1) is 6.03. The fourth-order valence-electron chi connectivity index (χ4n) is 1.47. The third-order valence-corrected chi connectivity index (χ3v) is 2.52. The highest BCUT2D eigenvalue weighted by molar-refractivity contribution is 5.74. The molecule has 0 aromatic rings. The molecule has 1 aliphatic rings. The van der Waals surface area contributed by atoms with E-state index in [1.54, 1.807) is 19.0 Å². The maximum atomic E-state index is 11.4. The normalized spacial score (nSPS) is 20.8. The summed E-state index contributed by atoms with van der Waals surface area (Å²) in [5.41, 5.74) is -0.0212. The lowest BCUT2D eigenvalue weighted by molar-refractivity contribution is 0.192. The van der Waals surface area contributed by atoms with E-state index in [0.717, 1.165) is 25.9 Å². The van der Waals surface area contributed by atoms with Crippen molar-refractivity contribution in [2.24, 2.45) is 0 Å². The highest BCUT2D eigenvalue weighted by Gasteiger charge is 2.28. The molecule has 4 nitrogen and oxygen atoms in total. The second kappa shape index (κ2) is 3.96. The first-order valence-corrected chi connectivity index (χ1v) is 4.74. The van der Waals surface area contributed by atoms with Crippen molar-refractivity contribution in [3.8, 4) is 0 Å². The number of carbonyl (C=O) groups excluding carboxylic acids is 1. The summed E-state index contributed by atoms with van der Waals surface area (Å²) >= 11 is 0. The van der Waals surface area contributed by atoms with Gasteiger partial charge in [0.05, 0.1) is 0 Å². The third-order valence-electron chi connectivity index (χ3n) is 2.52. The van der Waals surface area contributed by atoms with Gasteiger partial charge in [-0.25, -0.2) is 4.79 Å². The Balaban J connectivity index is 2.45. The van der Waals surface area contributed by atoms with Crippen LogP contribution in [0.1, 0.15) is 19.8 Å². The number of urea groups is 1. The molecule has 0 atom stereocenters. The van der Waals surface area contributed by atoms with Crippen LogP contribution in [0.3, 0.4) is 0 Å². The summed E-state index contributed by atoms with van der Waals surface area (Å²) < 4.78 is 0. The van der Waals surface area contributed by atoms with Gasteiger partial charge >= 0.3 is 6.03 Å². The number of carbonyl (C=O) groups is 1. The zero-order valence-electron chi connectivity index (χ0n) is 8.68. The van der Waals surface area contributed by atoms with Crippen molar-refractivity contribution in [3.05, 3.63) is 0 Å². The summed E-state index contributed by atoms with van der Waals surface area (Å²) in [4.78, 5) is 13.0. The van der Waals surface area contributed by atoms with E-state index in [-0.39, 0.29) is 11.6 Å². The van der Waals surface area contributed by atoms with Crippen LogP contribution < -0.4 is 10.6 Å². The zero-order valence-corrected chi connectivity index (χ0v) is 8.68. The highest BCUT2D eigenvalue weighted by atomic mass is 16.2. The number of amides is 2. The highest BCUT2D eigenvalue weighted by Crippen LogP contribution is 2.16. The fraction of sp³-hybridized carbons (Fsp3) is 0.889. The molecule has 2 N–H and O–H groups in total. The van der Waals surface area contributed by atoms with E-state index in [1.807, 2.05) is 0 Å². The number of nitrogens with one attached hydrogen (secondary N) is 2. The lowest BCUT2D eigenvalue weighted by atomic mass is 9.91. The van der Waals surface area contributed by atoms with Gasteiger partial charge in [0.15, 0.2) is 0 Å². The van der Waals surface area contributed by atoms with E-state index in [2.05, 4.69) is 17.6 Å². The third kappa shape index (κ3) is 2.88. The van der Waals surface area contributed by atoms with E-state index < -0.39 is 0 Å². The minimum atomic E-state index is -0.0212. The SMILES string of the molecule is CN(C)C(=O)NC1(C)CCNCC1. The minimum Gasteiger partial charge on any atom is -0.333 e. The molecule has 1 rings (SSSR count). The minimum absolute atomic E-state index is 0.00407. The Morgan fingerprint density at radius 1 is 1.38 bits per heavy atom. The second-order valence-electron chi connectivity index (χ2n) is 4.14. The lowest BCUT2D eigenvalue weighted by Crippen LogP contribution is -2.54. The van der Waals surface area contributed by atoms with Crippen molar-refractivity contribution in [1.29, 1.82) is 0 Å². The van der Waals surface area contributed by atoms with Gasteiger partial charge in [-0.2, -0.15) is 0 Å². The zero-order chi connectivity index (χ0) is 9.90. The number of piperidine rings is 1.